The van der Waals surface area contributed by atoms with Gasteiger partial charge in [0, 0.05) is 14.2 Å². The fourth-order valence-corrected chi connectivity index (χ4v) is 0.799. The van der Waals surface area contributed by atoms with Crippen LogP contribution in [0, 0.1) is 0 Å². The van der Waals surface area contributed by atoms with Gasteiger partial charge in [-0.3, -0.25) is 9.59 Å². The van der Waals surface area contributed by atoms with E-state index in [0.29, 0.717) is 0 Å². The fraction of sp³-hybridized carbons (Fsp3) is 0.818. The number of carbonyl (C=O) groups is 2. The van der Waals surface area contributed by atoms with Gasteiger partial charge in [-0.1, -0.05) is 0 Å². The SMILES string of the molecule is COC(C)(C)C(=O)CC(=O)C(C)(C)OC. The van der Waals surface area contributed by atoms with Crippen molar-refractivity contribution in [3.05, 3.63) is 0 Å². The Balaban J connectivity index is 4.51. The van der Waals surface area contributed by atoms with E-state index in [1.165, 1.54) is 14.2 Å². The molecular weight excluding hydrogens is 196 g/mol. The highest BCUT2D eigenvalue weighted by molar-refractivity contribution is 6.05. The summed E-state index contributed by atoms with van der Waals surface area (Å²) in [7, 11) is 2.90. The molecule has 0 saturated heterocycles. The molecule has 0 aromatic carbocycles. The highest BCUT2D eigenvalue weighted by Gasteiger charge is 2.34. The number of rotatable bonds is 6. The third-order valence-corrected chi connectivity index (χ3v) is 2.68. The van der Waals surface area contributed by atoms with Crippen molar-refractivity contribution in [1.82, 2.24) is 0 Å². The van der Waals surface area contributed by atoms with Gasteiger partial charge in [0.15, 0.2) is 11.6 Å². The molecule has 0 amide bonds. The first-order valence-corrected chi connectivity index (χ1v) is 4.84. The average Bonchev–Trinajstić information content (AvgIpc) is 2.17. The van der Waals surface area contributed by atoms with E-state index in [1.807, 2.05) is 0 Å². The number of hydrogen-bond acceptors (Lipinski definition) is 4. The Hall–Kier alpha value is -0.740. The second kappa shape index (κ2) is 4.86. The molecule has 0 rings (SSSR count). The van der Waals surface area contributed by atoms with Crippen LogP contribution in [-0.2, 0) is 19.1 Å². The van der Waals surface area contributed by atoms with Crippen molar-refractivity contribution >= 4 is 11.6 Å². The molecule has 0 saturated carbocycles. The predicted molar refractivity (Wildman–Crippen MR) is 56.8 cm³/mol. The standard InChI is InChI=1S/C11H20O4/c1-10(2,14-5)8(12)7-9(13)11(3,4)15-6/h7H2,1-6H3. The van der Waals surface area contributed by atoms with Crippen LogP contribution < -0.4 is 0 Å². The van der Waals surface area contributed by atoms with Gasteiger partial charge in [-0.15, -0.1) is 0 Å². The van der Waals surface area contributed by atoms with E-state index in [1.54, 1.807) is 27.7 Å². The smallest absolute Gasteiger partial charge is 0.171 e. The Morgan fingerprint density at radius 2 is 1.13 bits per heavy atom. The molecule has 0 radical (unpaired) electrons. The van der Waals surface area contributed by atoms with E-state index in [9.17, 15) is 9.59 Å². The summed E-state index contributed by atoms with van der Waals surface area (Å²) in [6.45, 7) is 6.57. The number of ether oxygens (including phenoxy) is 2. The van der Waals surface area contributed by atoms with E-state index in [4.69, 9.17) is 9.47 Å². The van der Waals surface area contributed by atoms with Gasteiger partial charge in [0.05, 0.1) is 6.42 Å². The largest absolute Gasteiger partial charge is 0.371 e. The zero-order valence-electron chi connectivity index (χ0n) is 10.3. The second-order valence-corrected chi connectivity index (χ2v) is 4.45. The zero-order valence-corrected chi connectivity index (χ0v) is 10.3. The molecule has 0 fully saturated rings. The summed E-state index contributed by atoms with van der Waals surface area (Å²) in [6.07, 6.45) is -0.165. The van der Waals surface area contributed by atoms with Crippen molar-refractivity contribution in [3.8, 4) is 0 Å². The van der Waals surface area contributed by atoms with Crippen LogP contribution in [0.3, 0.4) is 0 Å². The molecule has 0 aromatic heterocycles. The predicted octanol–water partition coefficient (Wildman–Crippen LogP) is 1.36. The molecule has 0 spiro atoms. The van der Waals surface area contributed by atoms with E-state index >= 15 is 0 Å². The maximum Gasteiger partial charge on any atom is 0.171 e. The number of hydrogen-bond donors (Lipinski definition) is 0. The van der Waals surface area contributed by atoms with Gasteiger partial charge in [-0.2, -0.15) is 0 Å². The molecule has 0 N–H and O–H groups in total. The van der Waals surface area contributed by atoms with Crippen molar-refractivity contribution in [2.24, 2.45) is 0 Å². The molecular formula is C11H20O4. The minimum absolute atomic E-state index is 0.165. The summed E-state index contributed by atoms with van der Waals surface area (Å²) in [5.41, 5.74) is -1.83. The van der Waals surface area contributed by atoms with Crippen molar-refractivity contribution < 1.29 is 19.1 Å². The van der Waals surface area contributed by atoms with Gasteiger partial charge < -0.3 is 9.47 Å². The normalized spacial score (nSPS) is 12.7. The van der Waals surface area contributed by atoms with Crippen LogP contribution in [0.2, 0.25) is 0 Å². The lowest BCUT2D eigenvalue weighted by Crippen LogP contribution is -2.41. The highest BCUT2D eigenvalue weighted by atomic mass is 16.5. The lowest BCUT2D eigenvalue weighted by molar-refractivity contribution is -0.147. The first kappa shape index (κ1) is 14.3. The fourth-order valence-electron chi connectivity index (χ4n) is 0.799. The minimum atomic E-state index is -0.917. The van der Waals surface area contributed by atoms with Gasteiger partial charge in [-0.25, -0.2) is 0 Å². The van der Waals surface area contributed by atoms with Gasteiger partial charge in [0.1, 0.15) is 11.2 Å². The maximum absolute atomic E-state index is 11.7. The van der Waals surface area contributed by atoms with Crippen molar-refractivity contribution in [1.29, 1.82) is 0 Å². The summed E-state index contributed by atoms with van der Waals surface area (Å²) in [5.74, 6) is -0.472. The Kier molecular flexibility index (Phi) is 4.62. The molecule has 0 atom stereocenters. The Bertz CT molecular complexity index is 227. The van der Waals surface area contributed by atoms with Crippen LogP contribution in [0.5, 0.6) is 0 Å². The Morgan fingerprint density at radius 3 is 1.33 bits per heavy atom. The van der Waals surface area contributed by atoms with Gasteiger partial charge in [0.25, 0.3) is 0 Å². The molecule has 0 unspecified atom stereocenters. The van der Waals surface area contributed by atoms with E-state index < -0.39 is 11.2 Å². The van der Waals surface area contributed by atoms with Crippen LogP contribution in [0.25, 0.3) is 0 Å². The topological polar surface area (TPSA) is 52.6 Å². The first-order valence-electron chi connectivity index (χ1n) is 4.84. The third-order valence-electron chi connectivity index (χ3n) is 2.68. The molecule has 4 heteroatoms. The van der Waals surface area contributed by atoms with Crippen LogP contribution in [0.1, 0.15) is 34.1 Å². The van der Waals surface area contributed by atoms with Crippen LogP contribution in [-0.4, -0.2) is 37.0 Å². The molecule has 0 heterocycles. The summed E-state index contributed by atoms with van der Waals surface area (Å²) < 4.78 is 10.0. The summed E-state index contributed by atoms with van der Waals surface area (Å²) in [4.78, 5) is 23.3. The third kappa shape index (κ3) is 3.72. The Labute approximate surface area is 90.9 Å². The number of ketones is 2. The quantitative estimate of drug-likeness (QED) is 0.629. The monoisotopic (exact) mass is 216 g/mol. The number of carbonyl (C=O) groups excluding carboxylic acids is 2. The number of Topliss-reactive ketones (excluding diaryl/α,β-unsaturated/α-hetero) is 2. The molecule has 15 heavy (non-hydrogen) atoms. The first-order chi connectivity index (χ1) is 6.67. The zero-order chi connectivity index (χ0) is 12.3. The summed E-state index contributed by atoms with van der Waals surface area (Å²) in [5, 5.41) is 0. The van der Waals surface area contributed by atoms with Crippen LogP contribution in [0.15, 0.2) is 0 Å². The molecule has 0 aliphatic heterocycles. The summed E-state index contributed by atoms with van der Waals surface area (Å²) >= 11 is 0. The molecule has 0 aromatic rings. The van der Waals surface area contributed by atoms with Gasteiger partial charge >= 0.3 is 0 Å². The molecule has 0 bridgehead atoms. The lowest BCUT2D eigenvalue weighted by atomic mass is 9.92. The lowest BCUT2D eigenvalue weighted by Gasteiger charge is -2.25. The van der Waals surface area contributed by atoms with Crippen LogP contribution >= 0.6 is 0 Å². The molecule has 0 aliphatic carbocycles. The molecule has 0 aliphatic rings. The number of methoxy groups -OCH3 is 2. The van der Waals surface area contributed by atoms with Crippen molar-refractivity contribution in [2.45, 2.75) is 45.3 Å². The highest BCUT2D eigenvalue weighted by Crippen LogP contribution is 2.17. The van der Waals surface area contributed by atoms with E-state index in [2.05, 4.69) is 0 Å². The summed E-state index contributed by atoms with van der Waals surface area (Å²) in [6, 6.07) is 0. The Morgan fingerprint density at radius 1 is 0.867 bits per heavy atom. The van der Waals surface area contributed by atoms with Gasteiger partial charge in [0.2, 0.25) is 0 Å². The molecule has 4 nitrogen and oxygen atoms in total. The minimum Gasteiger partial charge on any atom is -0.371 e. The average molecular weight is 216 g/mol. The van der Waals surface area contributed by atoms with Crippen LogP contribution in [0.4, 0.5) is 0 Å². The van der Waals surface area contributed by atoms with E-state index in [-0.39, 0.29) is 18.0 Å². The second-order valence-electron chi connectivity index (χ2n) is 4.45. The van der Waals surface area contributed by atoms with Crippen molar-refractivity contribution in [2.75, 3.05) is 14.2 Å². The van der Waals surface area contributed by atoms with Crippen molar-refractivity contribution in [3.63, 3.8) is 0 Å². The van der Waals surface area contributed by atoms with Gasteiger partial charge in [-0.05, 0) is 27.7 Å². The van der Waals surface area contributed by atoms with E-state index in [0.717, 1.165) is 0 Å². The molecule has 88 valence electrons. The maximum atomic E-state index is 11.7.